The Morgan fingerprint density at radius 2 is 1.90 bits per heavy atom. The number of halogens is 1. The number of hydrogen-bond donors (Lipinski definition) is 2. The standard InChI is InChI=1S/C17H20ClN5O5S/c1-23(2)29(26,27)14-10-12(4-5-13(14)18)22-15(24)11-28-16(25)6-9-21-17-19-7-3-8-20-17/h3-5,7-8,10H,6,9,11H2,1-2H3,(H,22,24)(H,19,20,21). The zero-order valence-corrected chi connectivity index (χ0v) is 17.3. The fourth-order valence-corrected chi connectivity index (χ4v) is 3.45. The van der Waals surface area contributed by atoms with E-state index in [9.17, 15) is 18.0 Å². The number of carbonyl (C=O) groups excluding carboxylic acids is 2. The lowest BCUT2D eigenvalue weighted by Crippen LogP contribution is -2.24. The van der Waals surface area contributed by atoms with Crippen LogP contribution in [0.4, 0.5) is 11.6 Å². The van der Waals surface area contributed by atoms with Crippen LogP contribution >= 0.6 is 11.6 Å². The van der Waals surface area contributed by atoms with Crippen molar-refractivity contribution in [1.29, 1.82) is 0 Å². The predicted molar refractivity (Wildman–Crippen MR) is 107 cm³/mol. The van der Waals surface area contributed by atoms with Gasteiger partial charge < -0.3 is 15.4 Å². The fourth-order valence-electron chi connectivity index (χ4n) is 2.06. The van der Waals surface area contributed by atoms with Gasteiger partial charge in [0.05, 0.1) is 11.4 Å². The molecule has 0 aliphatic rings. The molecule has 0 atom stereocenters. The average molecular weight is 442 g/mol. The zero-order valence-electron chi connectivity index (χ0n) is 15.8. The molecule has 1 aromatic heterocycles. The van der Waals surface area contributed by atoms with Crippen molar-refractivity contribution in [3.63, 3.8) is 0 Å². The van der Waals surface area contributed by atoms with Crippen molar-refractivity contribution < 1.29 is 22.7 Å². The van der Waals surface area contributed by atoms with Gasteiger partial charge in [-0.15, -0.1) is 0 Å². The molecule has 0 saturated heterocycles. The van der Waals surface area contributed by atoms with Crippen molar-refractivity contribution in [2.24, 2.45) is 0 Å². The predicted octanol–water partition coefficient (Wildman–Crippen LogP) is 1.36. The van der Waals surface area contributed by atoms with Crippen LogP contribution in [0, 0.1) is 0 Å². The zero-order chi connectivity index (χ0) is 21.4. The van der Waals surface area contributed by atoms with Crippen molar-refractivity contribution in [2.75, 3.05) is 37.9 Å². The van der Waals surface area contributed by atoms with E-state index in [1.54, 1.807) is 18.5 Å². The third-order valence-corrected chi connectivity index (χ3v) is 5.81. The molecule has 1 aromatic carbocycles. The Kier molecular flexibility index (Phi) is 7.88. The number of amides is 1. The molecule has 2 aromatic rings. The highest BCUT2D eigenvalue weighted by Crippen LogP contribution is 2.26. The molecule has 0 aliphatic carbocycles. The van der Waals surface area contributed by atoms with Gasteiger partial charge in [0.2, 0.25) is 16.0 Å². The largest absolute Gasteiger partial charge is 0.456 e. The molecule has 10 nitrogen and oxygen atoms in total. The number of aromatic nitrogens is 2. The molecule has 0 spiro atoms. The van der Waals surface area contributed by atoms with E-state index in [2.05, 4.69) is 20.6 Å². The second-order valence-electron chi connectivity index (χ2n) is 5.89. The van der Waals surface area contributed by atoms with Crippen molar-refractivity contribution in [1.82, 2.24) is 14.3 Å². The van der Waals surface area contributed by atoms with Gasteiger partial charge in [-0.25, -0.2) is 22.7 Å². The first kappa shape index (κ1) is 22.5. The molecule has 1 amide bonds. The van der Waals surface area contributed by atoms with Gasteiger partial charge in [-0.1, -0.05) is 11.6 Å². The van der Waals surface area contributed by atoms with E-state index in [0.717, 1.165) is 4.31 Å². The number of esters is 1. The first-order chi connectivity index (χ1) is 13.7. The summed E-state index contributed by atoms with van der Waals surface area (Å²) in [6.07, 6.45) is 3.13. The monoisotopic (exact) mass is 441 g/mol. The van der Waals surface area contributed by atoms with Crippen molar-refractivity contribution in [3.05, 3.63) is 41.7 Å². The van der Waals surface area contributed by atoms with E-state index >= 15 is 0 Å². The van der Waals surface area contributed by atoms with Crippen LogP contribution in [0.25, 0.3) is 0 Å². The Morgan fingerprint density at radius 3 is 2.55 bits per heavy atom. The van der Waals surface area contributed by atoms with Crippen LogP contribution in [0.2, 0.25) is 5.02 Å². The number of carbonyl (C=O) groups is 2. The van der Waals surface area contributed by atoms with Crippen molar-refractivity contribution >= 4 is 45.1 Å². The lowest BCUT2D eigenvalue weighted by atomic mass is 10.3. The number of anilines is 2. The van der Waals surface area contributed by atoms with E-state index in [1.807, 2.05) is 0 Å². The van der Waals surface area contributed by atoms with Crippen molar-refractivity contribution in [2.45, 2.75) is 11.3 Å². The van der Waals surface area contributed by atoms with Crippen LogP contribution in [0.1, 0.15) is 6.42 Å². The van der Waals surface area contributed by atoms with Gasteiger partial charge >= 0.3 is 5.97 Å². The van der Waals surface area contributed by atoms with Crippen LogP contribution in [-0.4, -0.2) is 61.8 Å². The van der Waals surface area contributed by atoms with Gasteiger partial charge in [-0.2, -0.15) is 0 Å². The highest BCUT2D eigenvalue weighted by Gasteiger charge is 2.21. The Hall–Kier alpha value is -2.76. The van der Waals surface area contributed by atoms with E-state index < -0.39 is 28.5 Å². The summed E-state index contributed by atoms with van der Waals surface area (Å²) >= 11 is 5.95. The highest BCUT2D eigenvalue weighted by molar-refractivity contribution is 7.89. The third-order valence-electron chi connectivity index (χ3n) is 3.52. The molecule has 1 heterocycles. The summed E-state index contributed by atoms with van der Waals surface area (Å²) in [7, 11) is -1.04. The lowest BCUT2D eigenvalue weighted by molar-refractivity contribution is -0.147. The Balaban J connectivity index is 1.84. The molecule has 0 radical (unpaired) electrons. The van der Waals surface area contributed by atoms with Gasteiger partial charge in [0.1, 0.15) is 4.90 Å². The topological polar surface area (TPSA) is 131 Å². The van der Waals surface area contributed by atoms with Crippen molar-refractivity contribution in [3.8, 4) is 0 Å². The number of sulfonamides is 1. The normalized spacial score (nSPS) is 11.2. The molecule has 0 fully saturated rings. The molecular formula is C17H20ClN5O5S. The maximum absolute atomic E-state index is 12.3. The van der Waals surface area contributed by atoms with Gasteiger partial charge in [0.15, 0.2) is 6.61 Å². The molecule has 29 heavy (non-hydrogen) atoms. The summed E-state index contributed by atoms with van der Waals surface area (Å²) in [4.78, 5) is 31.4. The molecular weight excluding hydrogens is 422 g/mol. The van der Waals surface area contributed by atoms with Gasteiger partial charge in [0.25, 0.3) is 5.91 Å². The highest BCUT2D eigenvalue weighted by atomic mass is 35.5. The first-order valence-corrected chi connectivity index (χ1v) is 10.2. The van der Waals surface area contributed by atoms with Crippen LogP contribution in [0.5, 0.6) is 0 Å². The number of nitrogens with one attached hydrogen (secondary N) is 2. The average Bonchev–Trinajstić information content (AvgIpc) is 2.68. The minimum atomic E-state index is -3.78. The van der Waals surface area contributed by atoms with Crippen LogP contribution in [-0.2, 0) is 24.3 Å². The Labute approximate surface area is 173 Å². The van der Waals surface area contributed by atoms with Gasteiger partial charge in [-0.3, -0.25) is 9.59 Å². The molecule has 0 unspecified atom stereocenters. The van der Waals surface area contributed by atoms with Crippen LogP contribution in [0.15, 0.2) is 41.6 Å². The van der Waals surface area contributed by atoms with Gasteiger partial charge in [0, 0.05) is 38.7 Å². The number of hydrogen-bond acceptors (Lipinski definition) is 8. The smallest absolute Gasteiger partial charge is 0.308 e. The Morgan fingerprint density at radius 1 is 1.21 bits per heavy atom. The van der Waals surface area contributed by atoms with E-state index in [-0.39, 0.29) is 28.6 Å². The molecule has 0 saturated carbocycles. The lowest BCUT2D eigenvalue weighted by Gasteiger charge is -2.14. The maximum atomic E-state index is 12.3. The third kappa shape index (κ3) is 6.66. The molecule has 0 aliphatic heterocycles. The molecule has 2 rings (SSSR count). The number of ether oxygens (including phenoxy) is 1. The number of rotatable bonds is 9. The van der Waals surface area contributed by atoms with E-state index in [0.29, 0.717) is 5.95 Å². The summed E-state index contributed by atoms with van der Waals surface area (Å²) in [6, 6.07) is 5.70. The summed E-state index contributed by atoms with van der Waals surface area (Å²) < 4.78 is 30.4. The SMILES string of the molecule is CN(C)S(=O)(=O)c1cc(NC(=O)COC(=O)CCNc2ncccn2)ccc1Cl. The first-order valence-electron chi connectivity index (χ1n) is 8.38. The second kappa shape index (κ2) is 10.1. The second-order valence-corrected chi connectivity index (χ2v) is 8.42. The number of benzene rings is 1. The van der Waals surface area contributed by atoms with E-state index in [1.165, 1.54) is 32.3 Å². The quantitative estimate of drug-likeness (QED) is 0.558. The molecule has 12 heteroatoms. The Bertz CT molecular complexity index is 969. The number of nitrogens with zero attached hydrogens (tertiary/aromatic N) is 3. The summed E-state index contributed by atoms with van der Waals surface area (Å²) in [5.41, 5.74) is 0.207. The van der Waals surface area contributed by atoms with E-state index in [4.69, 9.17) is 16.3 Å². The summed E-state index contributed by atoms with van der Waals surface area (Å²) in [5, 5.41) is 5.33. The van der Waals surface area contributed by atoms with Gasteiger partial charge in [-0.05, 0) is 24.3 Å². The fraction of sp³-hybridized carbons (Fsp3) is 0.294. The summed E-state index contributed by atoms with van der Waals surface area (Å²) in [6.45, 7) is -0.271. The minimum Gasteiger partial charge on any atom is -0.456 e. The molecule has 0 bridgehead atoms. The minimum absolute atomic E-state index is 0.0116. The summed E-state index contributed by atoms with van der Waals surface area (Å²) in [5.74, 6) is -0.826. The van der Waals surface area contributed by atoms with Crippen LogP contribution < -0.4 is 10.6 Å². The molecule has 2 N–H and O–H groups in total. The molecule has 156 valence electrons. The van der Waals surface area contributed by atoms with Crippen LogP contribution in [0.3, 0.4) is 0 Å². The maximum Gasteiger partial charge on any atom is 0.308 e.